The lowest BCUT2D eigenvalue weighted by Gasteiger charge is -2.33. The first-order valence-electron chi connectivity index (χ1n) is 11.0. The molecule has 5 heteroatoms. The van der Waals surface area contributed by atoms with Gasteiger partial charge in [0.1, 0.15) is 5.75 Å². The van der Waals surface area contributed by atoms with Crippen LogP contribution in [0.25, 0.3) is 0 Å². The minimum absolute atomic E-state index is 0.0248. The lowest BCUT2D eigenvalue weighted by atomic mass is 9.79. The van der Waals surface area contributed by atoms with Crippen LogP contribution in [0, 0.1) is 11.8 Å². The van der Waals surface area contributed by atoms with Gasteiger partial charge in [-0.05, 0) is 63.1 Å². The molecule has 0 saturated heterocycles. The van der Waals surface area contributed by atoms with Crippen molar-refractivity contribution in [1.82, 2.24) is 0 Å². The van der Waals surface area contributed by atoms with Crippen molar-refractivity contribution in [2.45, 2.75) is 78.2 Å². The second-order valence-electron chi connectivity index (χ2n) is 8.28. The highest BCUT2D eigenvalue weighted by molar-refractivity contribution is 6.01. The number of amides is 2. The standard InChI is InChI=1S/C23H34N2O3/c1-4-6-7-17-8-10-18(11-9-17)22(26)24-19-12-13-21-20(15-19)25(14-5-2)23(27)16(3)28-21/h12-13,15-18H,4-11,14H2,1-3H3,(H,24,26). The number of nitrogens with zero attached hydrogens (tertiary/aromatic N) is 1. The highest BCUT2D eigenvalue weighted by Crippen LogP contribution is 2.37. The number of hydrogen-bond acceptors (Lipinski definition) is 3. The summed E-state index contributed by atoms with van der Waals surface area (Å²) >= 11 is 0. The van der Waals surface area contributed by atoms with E-state index in [1.54, 1.807) is 11.8 Å². The van der Waals surface area contributed by atoms with Crippen LogP contribution in [0.2, 0.25) is 0 Å². The fourth-order valence-corrected chi connectivity index (χ4v) is 4.39. The van der Waals surface area contributed by atoms with E-state index in [1.165, 1.54) is 19.3 Å². The van der Waals surface area contributed by atoms with Crippen LogP contribution in [0.4, 0.5) is 11.4 Å². The molecule has 2 aliphatic rings. The Morgan fingerprint density at radius 3 is 2.61 bits per heavy atom. The molecule has 1 heterocycles. The first-order chi connectivity index (χ1) is 13.5. The molecule has 0 aromatic heterocycles. The van der Waals surface area contributed by atoms with Crippen molar-refractivity contribution >= 4 is 23.2 Å². The van der Waals surface area contributed by atoms with Gasteiger partial charge >= 0.3 is 0 Å². The van der Waals surface area contributed by atoms with Crippen molar-refractivity contribution in [2.75, 3.05) is 16.8 Å². The molecule has 1 aliphatic carbocycles. The van der Waals surface area contributed by atoms with Crippen LogP contribution in [-0.2, 0) is 9.59 Å². The number of hydrogen-bond donors (Lipinski definition) is 1. The third-order valence-electron chi connectivity index (χ3n) is 6.07. The minimum Gasteiger partial charge on any atom is -0.479 e. The Kier molecular flexibility index (Phi) is 6.97. The topological polar surface area (TPSA) is 58.6 Å². The molecule has 154 valence electrons. The van der Waals surface area contributed by atoms with Crippen molar-refractivity contribution in [2.24, 2.45) is 11.8 Å². The van der Waals surface area contributed by atoms with Gasteiger partial charge in [-0.25, -0.2) is 0 Å². The molecule has 2 amide bonds. The monoisotopic (exact) mass is 386 g/mol. The van der Waals surface area contributed by atoms with Gasteiger partial charge in [0.05, 0.1) is 5.69 Å². The number of nitrogens with one attached hydrogen (secondary N) is 1. The second kappa shape index (κ2) is 9.44. The molecule has 1 fully saturated rings. The number of benzene rings is 1. The Hall–Kier alpha value is -2.04. The molecule has 1 N–H and O–H groups in total. The number of rotatable bonds is 7. The first-order valence-corrected chi connectivity index (χ1v) is 11.0. The van der Waals surface area contributed by atoms with Gasteiger partial charge in [0.25, 0.3) is 5.91 Å². The summed E-state index contributed by atoms with van der Waals surface area (Å²) in [6, 6.07) is 5.61. The van der Waals surface area contributed by atoms with Crippen LogP contribution in [0.5, 0.6) is 5.75 Å². The van der Waals surface area contributed by atoms with Crippen molar-refractivity contribution in [3.05, 3.63) is 18.2 Å². The van der Waals surface area contributed by atoms with Gasteiger partial charge in [-0.3, -0.25) is 9.59 Å². The van der Waals surface area contributed by atoms with E-state index in [4.69, 9.17) is 4.74 Å². The van der Waals surface area contributed by atoms with Crippen LogP contribution < -0.4 is 15.0 Å². The molecular formula is C23H34N2O3. The average Bonchev–Trinajstić information content (AvgIpc) is 2.70. The van der Waals surface area contributed by atoms with Crippen LogP contribution in [0.1, 0.15) is 72.1 Å². The van der Waals surface area contributed by atoms with E-state index >= 15 is 0 Å². The van der Waals surface area contributed by atoms with Gasteiger partial charge in [-0.2, -0.15) is 0 Å². The van der Waals surface area contributed by atoms with Gasteiger partial charge in [0, 0.05) is 18.2 Å². The number of fused-ring (bicyclic) bond motifs is 1. The summed E-state index contributed by atoms with van der Waals surface area (Å²) in [6.07, 6.45) is 8.52. The average molecular weight is 387 g/mol. The molecule has 1 unspecified atom stereocenters. The third kappa shape index (κ3) is 4.68. The molecule has 28 heavy (non-hydrogen) atoms. The molecule has 3 rings (SSSR count). The summed E-state index contributed by atoms with van der Waals surface area (Å²) in [5.74, 6) is 1.67. The van der Waals surface area contributed by atoms with Gasteiger partial charge in [-0.15, -0.1) is 0 Å². The van der Waals surface area contributed by atoms with E-state index in [1.807, 2.05) is 18.2 Å². The first kappa shape index (κ1) is 20.7. The van der Waals surface area contributed by atoms with Crippen molar-refractivity contribution in [1.29, 1.82) is 0 Å². The number of carbonyl (C=O) groups is 2. The maximum Gasteiger partial charge on any atom is 0.267 e. The van der Waals surface area contributed by atoms with Gasteiger partial charge in [0.15, 0.2) is 6.10 Å². The van der Waals surface area contributed by atoms with E-state index in [9.17, 15) is 9.59 Å². The van der Waals surface area contributed by atoms with Crippen molar-refractivity contribution < 1.29 is 14.3 Å². The number of ether oxygens (including phenoxy) is 1. The second-order valence-corrected chi connectivity index (χ2v) is 8.28. The number of unbranched alkanes of at least 4 members (excludes halogenated alkanes) is 1. The fourth-order valence-electron chi connectivity index (χ4n) is 4.39. The number of anilines is 2. The molecule has 1 aromatic carbocycles. The van der Waals surface area contributed by atoms with Gasteiger partial charge in [0.2, 0.25) is 5.91 Å². The zero-order valence-electron chi connectivity index (χ0n) is 17.5. The Morgan fingerprint density at radius 2 is 1.93 bits per heavy atom. The molecule has 1 aromatic rings. The van der Waals surface area contributed by atoms with Crippen LogP contribution in [0.15, 0.2) is 18.2 Å². The zero-order chi connectivity index (χ0) is 20.1. The Labute approximate surface area is 168 Å². The Morgan fingerprint density at radius 1 is 1.18 bits per heavy atom. The molecular weight excluding hydrogens is 352 g/mol. The fraction of sp³-hybridized carbons (Fsp3) is 0.652. The number of carbonyl (C=O) groups excluding carboxylic acids is 2. The molecule has 0 spiro atoms. The molecule has 0 bridgehead atoms. The van der Waals surface area contributed by atoms with Crippen LogP contribution in [-0.4, -0.2) is 24.5 Å². The SMILES string of the molecule is CCCCC1CCC(C(=O)Nc2ccc3c(c2)N(CCC)C(=O)C(C)O3)CC1. The van der Waals surface area contributed by atoms with Crippen LogP contribution >= 0.6 is 0 Å². The van der Waals surface area contributed by atoms with E-state index in [0.717, 1.165) is 49.4 Å². The maximum absolute atomic E-state index is 12.8. The van der Waals surface area contributed by atoms with Crippen molar-refractivity contribution in [3.8, 4) is 5.75 Å². The maximum atomic E-state index is 12.8. The van der Waals surface area contributed by atoms with Gasteiger partial charge in [-0.1, -0.05) is 33.1 Å². The molecule has 1 atom stereocenters. The van der Waals surface area contributed by atoms with Crippen LogP contribution in [0.3, 0.4) is 0 Å². The summed E-state index contributed by atoms with van der Waals surface area (Å²) in [5.41, 5.74) is 1.50. The van der Waals surface area contributed by atoms with Crippen molar-refractivity contribution in [3.63, 3.8) is 0 Å². The van der Waals surface area contributed by atoms with E-state index in [0.29, 0.717) is 12.3 Å². The summed E-state index contributed by atoms with van der Waals surface area (Å²) in [6.45, 7) is 6.72. The third-order valence-corrected chi connectivity index (χ3v) is 6.07. The van der Waals surface area contributed by atoms with E-state index in [2.05, 4.69) is 19.2 Å². The summed E-state index contributed by atoms with van der Waals surface area (Å²) in [5, 5.41) is 3.08. The zero-order valence-corrected chi connectivity index (χ0v) is 17.5. The van der Waals surface area contributed by atoms with Gasteiger partial charge < -0.3 is 15.0 Å². The molecule has 0 radical (unpaired) electrons. The highest BCUT2D eigenvalue weighted by atomic mass is 16.5. The summed E-state index contributed by atoms with van der Waals surface area (Å²) < 4.78 is 5.74. The minimum atomic E-state index is -0.470. The molecule has 1 saturated carbocycles. The lowest BCUT2D eigenvalue weighted by Crippen LogP contribution is -2.44. The van der Waals surface area contributed by atoms with E-state index < -0.39 is 6.10 Å². The molecule has 1 aliphatic heterocycles. The lowest BCUT2D eigenvalue weighted by molar-refractivity contribution is -0.125. The summed E-state index contributed by atoms with van der Waals surface area (Å²) in [4.78, 5) is 27.0. The Bertz CT molecular complexity index is 695. The normalized spacial score (nSPS) is 24.5. The highest BCUT2D eigenvalue weighted by Gasteiger charge is 2.31. The summed E-state index contributed by atoms with van der Waals surface area (Å²) in [7, 11) is 0. The van der Waals surface area contributed by atoms with E-state index in [-0.39, 0.29) is 17.7 Å². The largest absolute Gasteiger partial charge is 0.479 e. The smallest absolute Gasteiger partial charge is 0.267 e. The quantitative estimate of drug-likeness (QED) is 0.705. The predicted octanol–water partition coefficient (Wildman–Crippen LogP) is 5.15. The Balaban J connectivity index is 1.64. The molecule has 5 nitrogen and oxygen atoms in total. The predicted molar refractivity (Wildman–Crippen MR) is 113 cm³/mol.